The molecule has 0 saturated heterocycles. The van der Waals surface area contributed by atoms with Gasteiger partial charge in [0.15, 0.2) is 0 Å². The van der Waals surface area contributed by atoms with E-state index in [9.17, 15) is 13.2 Å². The van der Waals surface area contributed by atoms with Crippen molar-refractivity contribution in [1.82, 2.24) is 10.0 Å². The second-order valence-electron chi connectivity index (χ2n) is 7.01. The van der Waals surface area contributed by atoms with Crippen LogP contribution in [-0.4, -0.2) is 33.0 Å². The van der Waals surface area contributed by atoms with Crippen LogP contribution in [0, 0.1) is 5.92 Å². The maximum Gasteiger partial charge on any atom is 0.251 e. The molecule has 1 unspecified atom stereocenters. The minimum Gasteiger partial charge on any atom is -0.348 e. The van der Waals surface area contributed by atoms with Gasteiger partial charge < -0.3 is 11.1 Å². The first-order chi connectivity index (χ1) is 11.8. The quantitative estimate of drug-likeness (QED) is 0.686. The lowest BCUT2D eigenvalue weighted by Crippen LogP contribution is -2.45. The average molecular weight is 368 g/mol. The minimum absolute atomic E-state index is 0.0289. The number of carbonyl (C=O) groups is 1. The van der Waals surface area contributed by atoms with Gasteiger partial charge in [-0.25, -0.2) is 13.1 Å². The highest BCUT2D eigenvalue weighted by Crippen LogP contribution is 2.26. The first-order valence-corrected chi connectivity index (χ1v) is 10.4. The van der Waals surface area contributed by atoms with Crippen LogP contribution in [0.1, 0.15) is 56.3 Å². The zero-order chi connectivity index (χ0) is 18.4. The molecule has 25 heavy (non-hydrogen) atoms. The smallest absolute Gasteiger partial charge is 0.251 e. The Morgan fingerprint density at radius 1 is 1.16 bits per heavy atom. The predicted molar refractivity (Wildman–Crippen MR) is 98.8 cm³/mol. The second kappa shape index (κ2) is 8.78. The number of benzene rings is 1. The zero-order valence-corrected chi connectivity index (χ0v) is 15.8. The molecule has 1 aromatic carbocycles. The SMILES string of the molecule is CC(C)NS(=O)(=O)c1ccc(C(=O)NC(CN)C2CCCCC2)cc1. The topological polar surface area (TPSA) is 101 Å². The Bertz CT molecular complexity index is 665. The third-order valence-electron chi connectivity index (χ3n) is 4.61. The summed E-state index contributed by atoms with van der Waals surface area (Å²) >= 11 is 0. The van der Waals surface area contributed by atoms with Gasteiger partial charge in [0, 0.05) is 24.2 Å². The largest absolute Gasteiger partial charge is 0.348 e. The van der Waals surface area contributed by atoms with Crippen LogP contribution in [0.3, 0.4) is 0 Å². The van der Waals surface area contributed by atoms with Crippen molar-refractivity contribution in [2.24, 2.45) is 11.7 Å². The second-order valence-corrected chi connectivity index (χ2v) is 8.73. The number of hydrogen-bond donors (Lipinski definition) is 3. The van der Waals surface area contributed by atoms with Crippen molar-refractivity contribution < 1.29 is 13.2 Å². The van der Waals surface area contributed by atoms with Gasteiger partial charge in [0.2, 0.25) is 10.0 Å². The number of amides is 1. The summed E-state index contributed by atoms with van der Waals surface area (Å²) in [6.45, 7) is 3.94. The average Bonchev–Trinajstić information content (AvgIpc) is 2.59. The monoisotopic (exact) mass is 367 g/mol. The van der Waals surface area contributed by atoms with E-state index in [1.807, 2.05) is 0 Å². The molecule has 140 valence electrons. The molecule has 0 bridgehead atoms. The zero-order valence-electron chi connectivity index (χ0n) is 15.0. The maximum atomic E-state index is 12.5. The van der Waals surface area contributed by atoms with Crippen molar-refractivity contribution in [3.63, 3.8) is 0 Å². The Hall–Kier alpha value is -1.44. The summed E-state index contributed by atoms with van der Waals surface area (Å²) in [5.41, 5.74) is 6.30. The van der Waals surface area contributed by atoms with Gasteiger partial charge in [0.25, 0.3) is 5.91 Å². The van der Waals surface area contributed by atoms with E-state index in [0.717, 1.165) is 12.8 Å². The van der Waals surface area contributed by atoms with Crippen LogP contribution >= 0.6 is 0 Å². The summed E-state index contributed by atoms with van der Waals surface area (Å²) in [6, 6.07) is 5.78. The van der Waals surface area contributed by atoms with Gasteiger partial charge in [-0.1, -0.05) is 19.3 Å². The summed E-state index contributed by atoms with van der Waals surface area (Å²) in [4.78, 5) is 12.6. The van der Waals surface area contributed by atoms with Crippen molar-refractivity contribution in [1.29, 1.82) is 0 Å². The molecular weight excluding hydrogens is 338 g/mol. The number of hydrogen-bond acceptors (Lipinski definition) is 4. The number of nitrogens with two attached hydrogens (primary N) is 1. The molecule has 1 fully saturated rings. The highest BCUT2D eigenvalue weighted by molar-refractivity contribution is 7.89. The van der Waals surface area contributed by atoms with E-state index < -0.39 is 10.0 Å². The molecule has 6 nitrogen and oxygen atoms in total. The number of carbonyl (C=O) groups excluding carboxylic acids is 1. The first-order valence-electron chi connectivity index (χ1n) is 8.97. The summed E-state index contributed by atoms with van der Waals surface area (Å²) in [5.74, 6) is 0.222. The van der Waals surface area contributed by atoms with Gasteiger partial charge in [-0.05, 0) is 56.9 Å². The van der Waals surface area contributed by atoms with Gasteiger partial charge >= 0.3 is 0 Å². The molecule has 0 spiro atoms. The van der Waals surface area contributed by atoms with Crippen LogP contribution in [0.2, 0.25) is 0 Å². The molecule has 1 saturated carbocycles. The number of nitrogens with one attached hydrogen (secondary N) is 2. The van der Waals surface area contributed by atoms with E-state index in [1.54, 1.807) is 26.0 Å². The lowest BCUT2D eigenvalue weighted by molar-refractivity contribution is 0.0915. The minimum atomic E-state index is -3.55. The van der Waals surface area contributed by atoms with E-state index in [-0.39, 0.29) is 22.9 Å². The molecule has 2 rings (SSSR count). The molecule has 0 heterocycles. The van der Waals surface area contributed by atoms with Crippen LogP contribution in [-0.2, 0) is 10.0 Å². The number of rotatable bonds is 7. The van der Waals surface area contributed by atoms with Gasteiger partial charge in [0.1, 0.15) is 0 Å². The van der Waals surface area contributed by atoms with Crippen molar-refractivity contribution in [2.75, 3.05) is 6.54 Å². The highest BCUT2D eigenvalue weighted by Gasteiger charge is 2.24. The van der Waals surface area contributed by atoms with Crippen molar-refractivity contribution >= 4 is 15.9 Å². The fraction of sp³-hybridized carbons (Fsp3) is 0.611. The molecule has 0 aliphatic heterocycles. The van der Waals surface area contributed by atoms with E-state index in [0.29, 0.717) is 18.0 Å². The Labute approximate surface area is 150 Å². The lowest BCUT2D eigenvalue weighted by Gasteiger charge is -2.30. The molecule has 1 aliphatic rings. The van der Waals surface area contributed by atoms with Gasteiger partial charge in [-0.3, -0.25) is 4.79 Å². The van der Waals surface area contributed by atoms with Gasteiger partial charge in [-0.15, -0.1) is 0 Å². The Kier molecular flexibility index (Phi) is 6.98. The van der Waals surface area contributed by atoms with E-state index in [4.69, 9.17) is 5.73 Å². The van der Waals surface area contributed by atoms with Crippen molar-refractivity contribution in [3.8, 4) is 0 Å². The number of sulfonamides is 1. The first kappa shape index (κ1) is 19.9. The molecule has 1 aromatic rings. The van der Waals surface area contributed by atoms with E-state index in [2.05, 4.69) is 10.0 Å². The van der Waals surface area contributed by atoms with Gasteiger partial charge in [0.05, 0.1) is 4.90 Å². The van der Waals surface area contributed by atoms with Crippen LogP contribution in [0.25, 0.3) is 0 Å². The standard InChI is InChI=1S/C18H29N3O3S/c1-13(2)21-25(23,24)16-10-8-15(9-11-16)18(22)20-17(12-19)14-6-4-3-5-7-14/h8-11,13-14,17,21H,3-7,12,19H2,1-2H3,(H,20,22). The summed E-state index contributed by atoms with van der Waals surface area (Å²) < 4.78 is 26.8. The fourth-order valence-corrected chi connectivity index (χ4v) is 4.57. The van der Waals surface area contributed by atoms with Crippen molar-refractivity contribution in [2.45, 2.75) is 62.9 Å². The Morgan fingerprint density at radius 2 is 1.76 bits per heavy atom. The van der Waals surface area contributed by atoms with Crippen molar-refractivity contribution in [3.05, 3.63) is 29.8 Å². The third kappa shape index (κ3) is 5.52. The maximum absolute atomic E-state index is 12.5. The molecule has 7 heteroatoms. The van der Waals surface area contributed by atoms with Crippen LogP contribution in [0.4, 0.5) is 0 Å². The summed E-state index contributed by atoms with van der Waals surface area (Å²) in [6.07, 6.45) is 5.82. The molecule has 1 aliphatic carbocycles. The summed E-state index contributed by atoms with van der Waals surface area (Å²) in [7, 11) is -3.55. The Balaban J connectivity index is 2.04. The van der Waals surface area contributed by atoms with E-state index in [1.165, 1.54) is 31.4 Å². The van der Waals surface area contributed by atoms with Crippen LogP contribution < -0.4 is 15.8 Å². The van der Waals surface area contributed by atoms with Gasteiger partial charge in [-0.2, -0.15) is 0 Å². The fourth-order valence-electron chi connectivity index (χ4n) is 3.32. The molecule has 1 atom stereocenters. The lowest BCUT2D eigenvalue weighted by atomic mass is 9.84. The molecule has 0 aromatic heterocycles. The predicted octanol–water partition coefficient (Wildman–Crippen LogP) is 2.01. The Morgan fingerprint density at radius 3 is 2.28 bits per heavy atom. The highest BCUT2D eigenvalue weighted by atomic mass is 32.2. The van der Waals surface area contributed by atoms with E-state index >= 15 is 0 Å². The normalized spacial score (nSPS) is 17.4. The molecular formula is C18H29N3O3S. The van der Waals surface area contributed by atoms with Crippen LogP contribution in [0.15, 0.2) is 29.2 Å². The summed E-state index contributed by atoms with van der Waals surface area (Å²) in [5, 5.41) is 3.01. The molecule has 0 radical (unpaired) electrons. The third-order valence-corrected chi connectivity index (χ3v) is 6.28. The van der Waals surface area contributed by atoms with Crippen LogP contribution in [0.5, 0.6) is 0 Å². The molecule has 1 amide bonds. The molecule has 4 N–H and O–H groups in total.